The standard InChI is InChI=1S/C21H32N2O6S/c1-16(2)9-7-5-6-8-10-20(24)22-14-17-11-12-18(19(13-17)27-4)29-21(25)23(3)15-28-30-26/h7,9,11-13,16,26H,5-6,8,10,14-15H2,1-4H3,(H,22,24)/b9-7+. The lowest BCUT2D eigenvalue weighted by molar-refractivity contribution is -0.121. The molecule has 0 bridgehead atoms. The number of rotatable bonds is 13. The number of allylic oxidation sites excluding steroid dienone is 2. The second-order valence-corrected chi connectivity index (χ2v) is 7.45. The number of hydrogen-bond donors (Lipinski definition) is 2. The molecule has 8 nitrogen and oxygen atoms in total. The highest BCUT2D eigenvalue weighted by atomic mass is 32.2. The Kier molecular flexibility index (Phi) is 12.6. The van der Waals surface area contributed by atoms with Crippen LogP contribution in [0.2, 0.25) is 0 Å². The lowest BCUT2D eigenvalue weighted by atomic mass is 10.1. The lowest BCUT2D eigenvalue weighted by Gasteiger charge is -2.17. The Morgan fingerprint density at radius 2 is 2.03 bits per heavy atom. The molecule has 0 heterocycles. The average molecular weight is 441 g/mol. The third-order valence-electron chi connectivity index (χ3n) is 4.07. The largest absolute Gasteiger partial charge is 0.493 e. The van der Waals surface area contributed by atoms with Crippen LogP contribution in [0.5, 0.6) is 11.5 Å². The zero-order valence-electron chi connectivity index (χ0n) is 18.1. The van der Waals surface area contributed by atoms with E-state index >= 15 is 0 Å². The van der Waals surface area contributed by atoms with Crippen LogP contribution in [0.1, 0.15) is 45.1 Å². The summed E-state index contributed by atoms with van der Waals surface area (Å²) in [5, 5.41) is 2.89. The molecule has 0 aliphatic rings. The molecule has 1 aromatic carbocycles. The van der Waals surface area contributed by atoms with E-state index in [1.54, 1.807) is 18.2 Å². The van der Waals surface area contributed by atoms with Gasteiger partial charge < -0.3 is 19.3 Å². The second kappa shape index (κ2) is 14.7. The van der Waals surface area contributed by atoms with Crippen molar-refractivity contribution in [1.82, 2.24) is 10.2 Å². The Hall–Kier alpha value is -2.23. The first-order chi connectivity index (χ1) is 14.4. The van der Waals surface area contributed by atoms with Crippen molar-refractivity contribution in [2.24, 2.45) is 5.92 Å². The third-order valence-corrected chi connectivity index (χ3v) is 4.28. The van der Waals surface area contributed by atoms with Gasteiger partial charge in [-0.2, -0.15) is 0 Å². The minimum atomic E-state index is -0.661. The summed E-state index contributed by atoms with van der Waals surface area (Å²) in [6.45, 7) is 4.50. The predicted octanol–water partition coefficient (Wildman–Crippen LogP) is 4.61. The number of benzene rings is 1. The molecule has 30 heavy (non-hydrogen) atoms. The molecular weight excluding hydrogens is 408 g/mol. The highest BCUT2D eigenvalue weighted by molar-refractivity contribution is 7.88. The molecular formula is C21H32N2O6S. The molecule has 0 aromatic heterocycles. The summed E-state index contributed by atoms with van der Waals surface area (Å²) in [5.74, 6) is 1.18. The van der Waals surface area contributed by atoms with Gasteiger partial charge in [-0.15, -0.1) is 0 Å². The van der Waals surface area contributed by atoms with E-state index < -0.39 is 6.09 Å². The number of carbonyl (C=O) groups excluding carboxylic acids is 2. The Morgan fingerprint density at radius 3 is 2.70 bits per heavy atom. The van der Waals surface area contributed by atoms with Gasteiger partial charge in [-0.3, -0.25) is 13.9 Å². The molecule has 0 aliphatic carbocycles. The fraction of sp³-hybridized carbons (Fsp3) is 0.524. The Balaban J connectivity index is 2.47. The Bertz CT molecular complexity index is 696. The molecule has 0 radical (unpaired) electrons. The van der Waals surface area contributed by atoms with Crippen molar-refractivity contribution in [3.05, 3.63) is 35.9 Å². The first-order valence-electron chi connectivity index (χ1n) is 9.83. The van der Waals surface area contributed by atoms with Crippen LogP contribution in [0.4, 0.5) is 4.79 Å². The van der Waals surface area contributed by atoms with Gasteiger partial charge in [0.05, 0.1) is 7.11 Å². The van der Waals surface area contributed by atoms with E-state index in [1.165, 1.54) is 14.2 Å². The van der Waals surface area contributed by atoms with Crippen molar-refractivity contribution in [1.29, 1.82) is 0 Å². The highest BCUT2D eigenvalue weighted by Gasteiger charge is 2.15. The van der Waals surface area contributed by atoms with E-state index in [-0.39, 0.29) is 30.7 Å². The van der Waals surface area contributed by atoms with Crippen LogP contribution < -0.4 is 14.8 Å². The molecule has 0 atom stereocenters. The summed E-state index contributed by atoms with van der Waals surface area (Å²) in [6.07, 6.45) is 6.99. The van der Waals surface area contributed by atoms with Gasteiger partial charge in [0.1, 0.15) is 6.73 Å². The SMILES string of the molecule is COc1cc(CNC(=O)CCCC/C=C/C(C)C)ccc1OC(=O)N(C)COSO. The highest BCUT2D eigenvalue weighted by Crippen LogP contribution is 2.28. The lowest BCUT2D eigenvalue weighted by Crippen LogP contribution is -2.31. The first-order valence-corrected chi connectivity index (χ1v) is 10.5. The number of nitrogens with zero attached hydrogens (tertiary/aromatic N) is 1. The molecule has 0 fully saturated rings. The molecule has 0 spiro atoms. The van der Waals surface area contributed by atoms with Crippen molar-refractivity contribution >= 4 is 24.3 Å². The average Bonchev–Trinajstić information content (AvgIpc) is 2.73. The van der Waals surface area contributed by atoms with Gasteiger partial charge in [0.25, 0.3) is 0 Å². The van der Waals surface area contributed by atoms with Crippen LogP contribution in [-0.4, -0.2) is 42.3 Å². The fourth-order valence-corrected chi connectivity index (χ4v) is 2.64. The normalized spacial score (nSPS) is 11.0. The van der Waals surface area contributed by atoms with Gasteiger partial charge in [-0.25, -0.2) is 4.79 Å². The summed E-state index contributed by atoms with van der Waals surface area (Å²) in [5.41, 5.74) is 0.827. The van der Waals surface area contributed by atoms with Crippen LogP contribution in [0.3, 0.4) is 0 Å². The van der Waals surface area contributed by atoms with E-state index in [0.717, 1.165) is 29.7 Å². The topological polar surface area (TPSA) is 97.3 Å². The summed E-state index contributed by atoms with van der Waals surface area (Å²) in [7, 11) is 2.94. The van der Waals surface area contributed by atoms with Gasteiger partial charge in [0.15, 0.2) is 23.8 Å². The van der Waals surface area contributed by atoms with Crippen molar-refractivity contribution < 1.29 is 27.8 Å². The van der Waals surface area contributed by atoms with E-state index in [1.807, 2.05) is 0 Å². The minimum Gasteiger partial charge on any atom is -0.493 e. The molecule has 168 valence electrons. The van der Waals surface area contributed by atoms with Crippen LogP contribution in [-0.2, 0) is 15.5 Å². The molecule has 0 saturated carbocycles. The maximum absolute atomic E-state index is 12.0. The predicted molar refractivity (Wildman–Crippen MR) is 117 cm³/mol. The van der Waals surface area contributed by atoms with Crippen molar-refractivity contribution in [3.8, 4) is 11.5 Å². The van der Waals surface area contributed by atoms with Gasteiger partial charge in [0, 0.05) is 20.0 Å². The van der Waals surface area contributed by atoms with Crippen LogP contribution >= 0.6 is 12.3 Å². The smallest absolute Gasteiger partial charge is 0.416 e. The first kappa shape index (κ1) is 25.8. The second-order valence-electron chi connectivity index (χ2n) is 7.07. The monoisotopic (exact) mass is 440 g/mol. The van der Waals surface area contributed by atoms with E-state index in [4.69, 9.17) is 14.0 Å². The molecule has 1 aromatic rings. The maximum Gasteiger partial charge on any atom is 0.416 e. The third kappa shape index (κ3) is 10.5. The Labute approximate surface area is 183 Å². The quantitative estimate of drug-likeness (QED) is 0.200. The molecule has 2 N–H and O–H groups in total. The van der Waals surface area contributed by atoms with Crippen molar-refractivity contribution in [2.75, 3.05) is 20.9 Å². The minimum absolute atomic E-state index is 0.000637. The zero-order chi connectivity index (χ0) is 22.4. The van der Waals surface area contributed by atoms with Gasteiger partial charge in [0.2, 0.25) is 5.91 Å². The van der Waals surface area contributed by atoms with Crippen LogP contribution in [0.25, 0.3) is 0 Å². The van der Waals surface area contributed by atoms with Crippen LogP contribution in [0, 0.1) is 5.92 Å². The molecule has 9 heteroatoms. The summed E-state index contributed by atoms with van der Waals surface area (Å²) in [6, 6.07) is 5.07. The van der Waals surface area contributed by atoms with Gasteiger partial charge in [-0.1, -0.05) is 32.1 Å². The molecule has 0 aliphatic heterocycles. The number of unbranched alkanes of at least 4 members (excludes halogenated alkanes) is 2. The van der Waals surface area contributed by atoms with E-state index in [2.05, 4.69) is 35.5 Å². The number of amides is 2. The fourth-order valence-electron chi connectivity index (χ4n) is 2.44. The van der Waals surface area contributed by atoms with Crippen molar-refractivity contribution in [3.63, 3.8) is 0 Å². The van der Waals surface area contributed by atoms with E-state index in [0.29, 0.717) is 24.6 Å². The van der Waals surface area contributed by atoms with Crippen molar-refractivity contribution in [2.45, 2.75) is 46.1 Å². The molecule has 2 amide bonds. The van der Waals surface area contributed by atoms with Gasteiger partial charge >= 0.3 is 6.09 Å². The zero-order valence-corrected chi connectivity index (χ0v) is 18.9. The number of nitrogens with one attached hydrogen (secondary N) is 1. The molecule has 1 rings (SSSR count). The Morgan fingerprint density at radius 1 is 1.27 bits per heavy atom. The number of ether oxygens (including phenoxy) is 2. The van der Waals surface area contributed by atoms with E-state index in [9.17, 15) is 9.59 Å². The number of carbonyl (C=O) groups is 2. The summed E-state index contributed by atoms with van der Waals surface area (Å²) < 4.78 is 23.8. The molecule has 0 unspecified atom stereocenters. The maximum atomic E-state index is 12.0. The van der Waals surface area contributed by atoms with Gasteiger partial charge in [-0.05, 0) is 42.9 Å². The summed E-state index contributed by atoms with van der Waals surface area (Å²) >= 11 is 0.168. The summed E-state index contributed by atoms with van der Waals surface area (Å²) in [4.78, 5) is 25.2. The van der Waals surface area contributed by atoms with Crippen LogP contribution in [0.15, 0.2) is 30.4 Å². The molecule has 0 saturated heterocycles. The number of methoxy groups -OCH3 is 1. The number of hydrogen-bond acceptors (Lipinski definition) is 7.